The first-order valence-electron chi connectivity index (χ1n) is 40.2. The number of hydrogen-bond donors (Lipinski definition) is 23. The van der Waals surface area contributed by atoms with Gasteiger partial charge >= 0.3 is 5.97 Å². The van der Waals surface area contributed by atoms with Gasteiger partial charge in [0.15, 0.2) is 50.1 Å². The van der Waals surface area contributed by atoms with Gasteiger partial charge in [0, 0.05) is 0 Å². The van der Waals surface area contributed by atoms with Crippen LogP contribution in [0.3, 0.4) is 0 Å². The molecule has 4 saturated carbocycles. The summed E-state index contributed by atoms with van der Waals surface area (Å²) >= 11 is 0. The number of allylic oxidation sites excluding steroid dienone is 2. The molecule has 0 radical (unpaired) electrons. The Kier molecular flexibility index (Phi) is 27.7. The van der Waals surface area contributed by atoms with Gasteiger partial charge in [0.2, 0.25) is 6.29 Å². The minimum Gasteiger partial charge on any atom is -0.481 e. The summed E-state index contributed by atoms with van der Waals surface area (Å²) in [5, 5.41) is 257. The number of aliphatic hydroxyl groups excluding tert-OH is 22. The van der Waals surface area contributed by atoms with E-state index in [0.717, 1.165) is 12.0 Å². The molecule has 8 aliphatic heterocycles. The van der Waals surface area contributed by atoms with Crippen LogP contribution in [0.25, 0.3) is 0 Å². The molecule has 0 spiro atoms. The van der Waals surface area contributed by atoms with E-state index in [9.17, 15) is 122 Å². The molecule has 0 aromatic rings. The van der Waals surface area contributed by atoms with Gasteiger partial charge in [0.1, 0.15) is 165 Å². The lowest BCUT2D eigenvalue weighted by molar-refractivity contribution is -0.487. The Morgan fingerprint density at radius 2 is 0.888 bits per heavy atom. The summed E-state index contributed by atoms with van der Waals surface area (Å²) in [5.74, 6) is -1.23. The number of hydrogen-bond acceptors (Lipinski definition) is 40. The van der Waals surface area contributed by atoms with Crippen molar-refractivity contribution in [2.75, 3.05) is 46.2 Å². The number of fused-ring (bicyclic) bond motifs is 7. The van der Waals surface area contributed by atoms with Crippen molar-refractivity contribution in [3.05, 3.63) is 11.6 Å². The molecule has 41 heteroatoms. The van der Waals surface area contributed by atoms with Crippen molar-refractivity contribution >= 4 is 5.97 Å². The highest BCUT2D eigenvalue weighted by molar-refractivity contribution is 5.77. The molecule has 0 aromatic heterocycles. The highest BCUT2D eigenvalue weighted by Gasteiger charge is 2.71. The van der Waals surface area contributed by atoms with Crippen molar-refractivity contribution in [2.24, 2.45) is 50.2 Å². The van der Waals surface area contributed by atoms with Crippen LogP contribution in [0.5, 0.6) is 0 Å². The molecule has 12 fully saturated rings. The van der Waals surface area contributed by atoms with Gasteiger partial charge in [0.05, 0.1) is 70.0 Å². The molecule has 8 saturated heterocycles. The van der Waals surface area contributed by atoms with Crippen molar-refractivity contribution in [1.29, 1.82) is 0 Å². The number of carbonyl (C=O) groups is 1. The summed E-state index contributed by atoms with van der Waals surface area (Å²) < 4.78 is 91.4. The van der Waals surface area contributed by atoms with Crippen molar-refractivity contribution < 1.29 is 203 Å². The number of carboxylic acid groups (broad SMARTS) is 1. The molecule has 116 heavy (non-hydrogen) atoms. The van der Waals surface area contributed by atoms with Crippen LogP contribution < -0.4 is 0 Å². The van der Waals surface area contributed by atoms with Crippen LogP contribution in [0.2, 0.25) is 0 Å². The van der Waals surface area contributed by atoms with E-state index in [2.05, 4.69) is 26.8 Å². The summed E-state index contributed by atoms with van der Waals surface area (Å²) in [6.07, 6.45) is -67.3. The van der Waals surface area contributed by atoms with Gasteiger partial charge in [-0.25, -0.2) is 9.78 Å². The van der Waals surface area contributed by atoms with Gasteiger partial charge in [-0.2, -0.15) is 0 Å². The zero-order valence-electron chi connectivity index (χ0n) is 65.8. The standard InChI is InChI=1S/C75H122O41/c1-26-40(83)45(88)50(93)64(103-26)114-58-47(90)44(87)32(20-77)105-66(58)112-57-35(108-61-48(91)41(84)29(80)23-100-61)25-102-63(54(57)97)113-59-52(95)55(111-65-51(94)46(89)43(86)31(19-76)104-65)34(22-79)107-68(59)116-115-60-53(96)56(110-62-49(92)42(85)30(81)24-101-62)33(21-78)106-67(60)109-39-12-13-72(6)36(71(39,4)5)11-14-74(8)37(72)10-9-27-28-17-70(2,3)38(82)18-75(28,69(98)99)16-15-73(27,74)7/h9,26,28-68,76-97H,10-25H2,1-8H3,(H,98,99)/t26-,28-,29-,30+,31+,32+,33+,34+,35+,36-,37+,38-,39-,40-,41-,42-,43+,44+,45+,46-,47-,48+,49+,50+,51+,52-,53-,54+,55+,56+,57-,58+,59+,60+,61-,62-,63-,64-,65-,66-,67-,68-,72-,73+,74+,75+/m0/s1. The molecule has 0 aromatic carbocycles. The SMILES string of the molecule is C[C@@H]1O[C@@H](O[C@H]2[C@H](O[C@@H]3[C@@H](O)[C@H](O[C@H]4[C@H](OO[C@H]5[C@H](O[C@H]6CC[C@]7(C)[C@H]8CC=C9[C@@H]%10CC(C)(C)[C@@H](O)C[C@]%10(C(=O)O)CC[C@@]9(C)[C@]8(C)CC[C@H]7C6(C)C)O[C@H](CO)[C@@H](O[C@@H]6OC[C@@H](O)[C@H](O)[C@H]6O)[C@@H]5O)O[C@H](CO)[C@@H](O[C@@H]5O[C@H](CO)[C@@H](O)[C@H](O)[C@H]5O)[C@@H]4O)OC[C@H]3O[C@@H]3OC[C@H](O)[C@H](O)[C@H]3O)O[C@H](CO)[C@@H](O)[C@@H]2O)[C@H](O)[C@H](O)[C@H]1O. The molecule has 13 aliphatic rings. The predicted octanol–water partition coefficient (Wildman–Crippen LogP) is -8.33. The van der Waals surface area contributed by atoms with Crippen LogP contribution >= 0.6 is 0 Å². The van der Waals surface area contributed by atoms with Crippen LogP contribution in [0, 0.1) is 50.2 Å². The molecule has 0 amide bonds. The third-order valence-electron chi connectivity index (χ3n) is 28.9. The maximum atomic E-state index is 13.5. The summed E-state index contributed by atoms with van der Waals surface area (Å²) in [6, 6.07) is 0. The van der Waals surface area contributed by atoms with E-state index in [4.69, 9.17) is 80.8 Å². The second kappa shape index (κ2) is 35.2. The van der Waals surface area contributed by atoms with Gasteiger partial charge in [-0.05, 0) is 110 Å². The molecule has 8 heterocycles. The van der Waals surface area contributed by atoms with Gasteiger partial charge in [-0.1, -0.05) is 60.1 Å². The highest BCUT2D eigenvalue weighted by atomic mass is 17.2. The van der Waals surface area contributed by atoms with Crippen molar-refractivity contribution in [3.63, 3.8) is 0 Å². The van der Waals surface area contributed by atoms with Gasteiger partial charge in [-0.15, -0.1) is 0 Å². The number of ether oxygens (including phenoxy) is 15. The first-order chi connectivity index (χ1) is 54.6. The first-order valence-corrected chi connectivity index (χ1v) is 40.2. The lowest BCUT2D eigenvalue weighted by Crippen LogP contribution is -2.68. The topological polar surface area (TPSA) is 639 Å². The Balaban J connectivity index is 0.823. The Morgan fingerprint density at radius 1 is 0.414 bits per heavy atom. The summed E-state index contributed by atoms with van der Waals surface area (Å²) in [6.45, 7) is 10.1. The zero-order chi connectivity index (χ0) is 84.4. The monoisotopic (exact) mass is 1680 g/mol. The fourth-order valence-electron chi connectivity index (χ4n) is 21.5. The second-order valence-corrected chi connectivity index (χ2v) is 36.3. The van der Waals surface area contributed by atoms with Crippen molar-refractivity contribution in [2.45, 2.75) is 353 Å². The van der Waals surface area contributed by atoms with Crippen LogP contribution in [-0.2, 0) is 85.6 Å². The number of aliphatic hydroxyl groups is 22. The molecular weight excluding hydrogens is 1560 g/mol. The average Bonchev–Trinajstić information content (AvgIpc) is 0.673. The minimum absolute atomic E-state index is 0.0696. The van der Waals surface area contributed by atoms with Crippen LogP contribution in [-0.4, -0.2) is 409 Å². The molecule has 5 aliphatic carbocycles. The van der Waals surface area contributed by atoms with Crippen molar-refractivity contribution in [1.82, 2.24) is 0 Å². The second-order valence-electron chi connectivity index (χ2n) is 36.3. The van der Waals surface area contributed by atoms with E-state index in [1.54, 1.807) is 0 Å². The van der Waals surface area contributed by atoms with Crippen LogP contribution in [0.15, 0.2) is 11.6 Å². The molecule has 41 nitrogen and oxygen atoms in total. The zero-order valence-corrected chi connectivity index (χ0v) is 65.8. The fourth-order valence-corrected chi connectivity index (χ4v) is 21.5. The Morgan fingerprint density at radius 3 is 1.49 bits per heavy atom. The van der Waals surface area contributed by atoms with E-state index >= 15 is 0 Å². The molecule has 668 valence electrons. The van der Waals surface area contributed by atoms with E-state index < -0.39 is 313 Å². The maximum absolute atomic E-state index is 13.5. The molecular formula is C75H122O41. The molecule has 0 bridgehead atoms. The number of carboxylic acids is 1. The maximum Gasteiger partial charge on any atom is 0.310 e. The average molecular weight is 1680 g/mol. The third kappa shape index (κ3) is 16.2. The number of rotatable bonds is 22. The minimum atomic E-state index is -2.41. The Bertz CT molecular complexity index is 3310. The highest BCUT2D eigenvalue weighted by Crippen LogP contribution is 2.76. The quantitative estimate of drug-likeness (QED) is 0.0207. The Hall–Kier alpha value is -2.35. The lowest BCUT2D eigenvalue weighted by atomic mass is 9.33. The fraction of sp³-hybridized carbons (Fsp3) is 0.960. The third-order valence-corrected chi connectivity index (χ3v) is 28.9. The van der Waals surface area contributed by atoms with Crippen molar-refractivity contribution in [3.8, 4) is 0 Å². The van der Waals surface area contributed by atoms with E-state index in [0.29, 0.717) is 44.9 Å². The van der Waals surface area contributed by atoms with E-state index in [1.807, 2.05) is 27.7 Å². The summed E-state index contributed by atoms with van der Waals surface area (Å²) in [7, 11) is 0. The van der Waals surface area contributed by atoms with Crippen LogP contribution in [0.1, 0.15) is 113 Å². The lowest BCUT2D eigenvalue weighted by Gasteiger charge is -2.71. The smallest absolute Gasteiger partial charge is 0.310 e. The molecule has 23 N–H and O–H groups in total. The molecule has 13 rings (SSSR count). The Labute approximate surface area is 667 Å². The summed E-state index contributed by atoms with van der Waals surface area (Å²) in [5.41, 5.74) is -2.45. The predicted molar refractivity (Wildman–Crippen MR) is 377 cm³/mol. The van der Waals surface area contributed by atoms with E-state index in [-0.39, 0.29) is 35.0 Å². The molecule has 46 atom stereocenters. The van der Waals surface area contributed by atoms with Gasteiger partial charge in [-0.3, -0.25) is 4.79 Å². The first kappa shape index (κ1) is 91.3. The summed E-state index contributed by atoms with van der Waals surface area (Å²) in [4.78, 5) is 25.9. The van der Waals surface area contributed by atoms with Crippen LogP contribution in [0.4, 0.5) is 0 Å². The van der Waals surface area contributed by atoms with Gasteiger partial charge < -0.3 is 189 Å². The molecule has 0 unspecified atom stereocenters. The van der Waals surface area contributed by atoms with Gasteiger partial charge in [0.25, 0.3) is 0 Å². The normalized spacial score (nSPS) is 54.3. The van der Waals surface area contributed by atoms with E-state index in [1.165, 1.54) is 6.92 Å². The number of aliphatic carboxylic acids is 1. The largest absolute Gasteiger partial charge is 0.481 e.